The summed E-state index contributed by atoms with van der Waals surface area (Å²) < 4.78 is 1.69. The summed E-state index contributed by atoms with van der Waals surface area (Å²) in [6, 6.07) is 17.5. The summed E-state index contributed by atoms with van der Waals surface area (Å²) in [6.07, 6.45) is 3.37. The standard InChI is InChI=1S/C18H19N5/c1-23-18(20-21-22-23)15-7-4-8-16(12-15)19-17-10-9-13-5-2-3-6-14(13)11-17/h2-8,12,17,19H,9-11H2,1H3. The summed E-state index contributed by atoms with van der Waals surface area (Å²) in [4.78, 5) is 0. The van der Waals surface area contributed by atoms with Gasteiger partial charge in [0, 0.05) is 24.3 Å². The van der Waals surface area contributed by atoms with E-state index in [9.17, 15) is 0 Å². The Bertz CT molecular complexity index is 824. The van der Waals surface area contributed by atoms with Gasteiger partial charge in [-0.2, -0.15) is 0 Å². The molecule has 3 aromatic rings. The minimum Gasteiger partial charge on any atom is -0.382 e. The molecule has 0 saturated carbocycles. The molecule has 23 heavy (non-hydrogen) atoms. The fourth-order valence-corrected chi connectivity index (χ4v) is 3.28. The third kappa shape index (κ3) is 2.82. The fourth-order valence-electron chi connectivity index (χ4n) is 3.28. The molecule has 1 aromatic heterocycles. The molecular formula is C18H19N5. The van der Waals surface area contributed by atoms with Crippen molar-refractivity contribution in [1.82, 2.24) is 20.2 Å². The average molecular weight is 305 g/mol. The zero-order chi connectivity index (χ0) is 15.6. The van der Waals surface area contributed by atoms with Crippen LogP contribution in [-0.2, 0) is 19.9 Å². The Labute approximate surface area is 135 Å². The van der Waals surface area contributed by atoms with E-state index in [1.54, 1.807) is 4.68 Å². The number of aryl methyl sites for hydroxylation is 2. The highest BCUT2D eigenvalue weighted by Gasteiger charge is 2.18. The molecule has 5 heteroatoms. The Hall–Kier alpha value is -2.69. The van der Waals surface area contributed by atoms with Crippen molar-refractivity contribution >= 4 is 5.69 Å². The van der Waals surface area contributed by atoms with Crippen molar-refractivity contribution in [2.75, 3.05) is 5.32 Å². The van der Waals surface area contributed by atoms with Gasteiger partial charge in [0.2, 0.25) is 0 Å². The second-order valence-electron chi connectivity index (χ2n) is 6.06. The molecular weight excluding hydrogens is 286 g/mol. The predicted octanol–water partition coefficient (Wildman–Crippen LogP) is 2.85. The quantitative estimate of drug-likeness (QED) is 0.808. The van der Waals surface area contributed by atoms with Gasteiger partial charge in [0.1, 0.15) is 0 Å². The van der Waals surface area contributed by atoms with Crippen molar-refractivity contribution in [3.63, 3.8) is 0 Å². The van der Waals surface area contributed by atoms with Crippen molar-refractivity contribution in [2.45, 2.75) is 25.3 Å². The molecule has 0 bridgehead atoms. The number of anilines is 1. The lowest BCUT2D eigenvalue weighted by Crippen LogP contribution is -2.27. The maximum Gasteiger partial charge on any atom is 0.181 e. The van der Waals surface area contributed by atoms with Crippen LogP contribution >= 0.6 is 0 Å². The molecule has 1 unspecified atom stereocenters. The van der Waals surface area contributed by atoms with Crippen molar-refractivity contribution < 1.29 is 0 Å². The summed E-state index contributed by atoms with van der Waals surface area (Å²) in [5.74, 6) is 0.780. The molecule has 116 valence electrons. The first-order valence-corrected chi connectivity index (χ1v) is 7.96. The highest BCUT2D eigenvalue weighted by molar-refractivity contribution is 5.62. The van der Waals surface area contributed by atoms with Gasteiger partial charge in [0.05, 0.1) is 0 Å². The molecule has 5 nitrogen and oxygen atoms in total. The molecule has 1 aliphatic carbocycles. The van der Waals surface area contributed by atoms with Gasteiger partial charge in [-0.25, -0.2) is 4.68 Å². The SMILES string of the molecule is Cn1nnnc1-c1cccc(NC2CCc3ccccc3C2)c1. The summed E-state index contributed by atoms with van der Waals surface area (Å²) in [6.45, 7) is 0. The van der Waals surface area contributed by atoms with E-state index in [1.165, 1.54) is 11.1 Å². The van der Waals surface area contributed by atoms with Crippen LogP contribution in [0.5, 0.6) is 0 Å². The third-order valence-corrected chi connectivity index (χ3v) is 4.46. The van der Waals surface area contributed by atoms with Crippen LogP contribution in [0.25, 0.3) is 11.4 Å². The number of fused-ring (bicyclic) bond motifs is 1. The van der Waals surface area contributed by atoms with Crippen LogP contribution in [-0.4, -0.2) is 26.2 Å². The van der Waals surface area contributed by atoms with Crippen LogP contribution in [0.2, 0.25) is 0 Å². The second kappa shape index (κ2) is 5.83. The number of nitrogens with one attached hydrogen (secondary N) is 1. The third-order valence-electron chi connectivity index (χ3n) is 4.46. The highest BCUT2D eigenvalue weighted by Crippen LogP contribution is 2.25. The van der Waals surface area contributed by atoms with E-state index in [4.69, 9.17) is 0 Å². The molecule has 0 aliphatic heterocycles. The lowest BCUT2D eigenvalue weighted by atomic mass is 9.88. The topological polar surface area (TPSA) is 55.6 Å². The molecule has 1 atom stereocenters. The van der Waals surface area contributed by atoms with Gasteiger partial charge in [-0.1, -0.05) is 36.4 Å². The molecule has 1 N–H and O–H groups in total. The lowest BCUT2D eigenvalue weighted by Gasteiger charge is -2.26. The zero-order valence-corrected chi connectivity index (χ0v) is 13.1. The van der Waals surface area contributed by atoms with Crippen molar-refractivity contribution in [1.29, 1.82) is 0 Å². The maximum absolute atomic E-state index is 4.08. The monoisotopic (exact) mass is 305 g/mol. The van der Waals surface area contributed by atoms with Gasteiger partial charge in [-0.15, -0.1) is 5.10 Å². The van der Waals surface area contributed by atoms with Gasteiger partial charge in [0.15, 0.2) is 5.82 Å². The number of hydrogen-bond donors (Lipinski definition) is 1. The number of benzene rings is 2. The predicted molar refractivity (Wildman–Crippen MR) is 90.1 cm³/mol. The second-order valence-corrected chi connectivity index (χ2v) is 6.06. The van der Waals surface area contributed by atoms with Gasteiger partial charge < -0.3 is 5.32 Å². The van der Waals surface area contributed by atoms with Crippen LogP contribution in [0, 0.1) is 0 Å². The molecule has 1 heterocycles. The minimum atomic E-state index is 0.470. The molecule has 4 rings (SSSR count). The van der Waals surface area contributed by atoms with E-state index in [2.05, 4.69) is 57.2 Å². The molecule has 0 fully saturated rings. The van der Waals surface area contributed by atoms with Gasteiger partial charge in [-0.3, -0.25) is 0 Å². The van der Waals surface area contributed by atoms with E-state index in [-0.39, 0.29) is 0 Å². The Kier molecular flexibility index (Phi) is 3.54. The minimum absolute atomic E-state index is 0.470. The molecule has 0 spiro atoms. The number of rotatable bonds is 3. The highest BCUT2D eigenvalue weighted by atomic mass is 15.5. The van der Waals surface area contributed by atoms with Crippen LogP contribution in [0.15, 0.2) is 48.5 Å². The Morgan fingerprint density at radius 3 is 2.78 bits per heavy atom. The number of aromatic nitrogens is 4. The molecule has 0 saturated heterocycles. The van der Waals surface area contributed by atoms with E-state index in [0.29, 0.717) is 6.04 Å². The fraction of sp³-hybridized carbons (Fsp3) is 0.278. The van der Waals surface area contributed by atoms with Gasteiger partial charge in [-0.05, 0) is 52.9 Å². The van der Waals surface area contributed by atoms with Gasteiger partial charge in [0.25, 0.3) is 0 Å². The first-order chi connectivity index (χ1) is 11.3. The van der Waals surface area contributed by atoms with E-state index in [0.717, 1.165) is 36.3 Å². The van der Waals surface area contributed by atoms with Crippen molar-refractivity contribution in [3.05, 3.63) is 59.7 Å². The van der Waals surface area contributed by atoms with Crippen molar-refractivity contribution in [3.8, 4) is 11.4 Å². The van der Waals surface area contributed by atoms with Crippen LogP contribution in [0.3, 0.4) is 0 Å². The lowest BCUT2D eigenvalue weighted by molar-refractivity contribution is 0.611. The molecule has 1 aliphatic rings. The normalized spacial score (nSPS) is 16.8. The number of hydrogen-bond acceptors (Lipinski definition) is 4. The Morgan fingerprint density at radius 1 is 1.09 bits per heavy atom. The first-order valence-electron chi connectivity index (χ1n) is 7.96. The Balaban J connectivity index is 1.53. The smallest absolute Gasteiger partial charge is 0.181 e. The van der Waals surface area contributed by atoms with E-state index >= 15 is 0 Å². The zero-order valence-electron chi connectivity index (χ0n) is 13.1. The first kappa shape index (κ1) is 13.9. The van der Waals surface area contributed by atoms with E-state index < -0.39 is 0 Å². The molecule has 0 amide bonds. The van der Waals surface area contributed by atoms with Crippen molar-refractivity contribution in [2.24, 2.45) is 7.05 Å². The summed E-state index contributed by atoms with van der Waals surface area (Å²) in [7, 11) is 1.85. The summed E-state index contributed by atoms with van der Waals surface area (Å²) in [5, 5.41) is 15.4. The number of nitrogens with zero attached hydrogens (tertiary/aromatic N) is 4. The molecule has 0 radical (unpaired) electrons. The Morgan fingerprint density at radius 2 is 1.96 bits per heavy atom. The number of tetrazole rings is 1. The maximum atomic E-state index is 4.08. The van der Waals surface area contributed by atoms with E-state index in [1.807, 2.05) is 19.2 Å². The average Bonchev–Trinajstić information content (AvgIpc) is 3.01. The van der Waals surface area contributed by atoms with Gasteiger partial charge >= 0.3 is 0 Å². The van der Waals surface area contributed by atoms with Crippen LogP contribution in [0.4, 0.5) is 5.69 Å². The summed E-state index contributed by atoms with van der Waals surface area (Å²) >= 11 is 0. The van der Waals surface area contributed by atoms with Crippen LogP contribution in [0.1, 0.15) is 17.5 Å². The summed E-state index contributed by atoms with van der Waals surface area (Å²) in [5.41, 5.74) is 5.10. The largest absolute Gasteiger partial charge is 0.382 e. The van der Waals surface area contributed by atoms with Crippen LogP contribution < -0.4 is 5.32 Å². The molecule has 2 aromatic carbocycles.